The number of nitrogens with one attached hydrogen (secondary N) is 1. The predicted octanol–water partition coefficient (Wildman–Crippen LogP) is 4.41. The second-order valence-corrected chi connectivity index (χ2v) is 6.52. The normalized spacial score (nSPS) is 13.3. The van der Waals surface area contributed by atoms with Crippen LogP contribution in [0.1, 0.15) is 17.7 Å². The molecule has 0 fully saturated rings. The van der Waals surface area contributed by atoms with Gasteiger partial charge in [-0.3, -0.25) is 0 Å². The maximum atomic E-state index is 13.5. The van der Waals surface area contributed by atoms with Gasteiger partial charge in [-0.1, -0.05) is 11.6 Å². The van der Waals surface area contributed by atoms with E-state index >= 15 is 0 Å². The van der Waals surface area contributed by atoms with Gasteiger partial charge in [0.15, 0.2) is 5.76 Å². The van der Waals surface area contributed by atoms with E-state index in [0.29, 0.717) is 23.0 Å². The van der Waals surface area contributed by atoms with E-state index in [1.807, 2.05) is 0 Å². The molecule has 6 nitrogen and oxygen atoms in total. The molecule has 0 saturated heterocycles. The van der Waals surface area contributed by atoms with E-state index in [2.05, 4.69) is 20.4 Å². The van der Waals surface area contributed by atoms with Crippen molar-refractivity contribution in [3.05, 3.63) is 58.7 Å². The van der Waals surface area contributed by atoms with Crippen LogP contribution in [0.5, 0.6) is 0 Å². The summed E-state index contributed by atoms with van der Waals surface area (Å²) in [5.74, 6) is 1.85. The largest absolute Gasteiger partial charge is 0.461 e. The van der Waals surface area contributed by atoms with Gasteiger partial charge in [-0.15, -0.1) is 5.10 Å². The monoisotopic (exact) mass is 369 g/mol. The summed E-state index contributed by atoms with van der Waals surface area (Å²) >= 11 is 5.91. The number of hydrogen-bond donors (Lipinski definition) is 1. The fourth-order valence-corrected chi connectivity index (χ4v) is 3.41. The molecule has 3 heterocycles. The van der Waals surface area contributed by atoms with Crippen molar-refractivity contribution in [2.75, 3.05) is 5.32 Å². The van der Waals surface area contributed by atoms with Crippen LogP contribution in [0, 0.1) is 5.82 Å². The van der Waals surface area contributed by atoms with Crippen LogP contribution >= 0.6 is 11.6 Å². The van der Waals surface area contributed by atoms with Crippen LogP contribution in [0.2, 0.25) is 5.02 Å². The third-order valence-electron chi connectivity index (χ3n) is 4.44. The van der Waals surface area contributed by atoms with Crippen LogP contribution in [0.3, 0.4) is 0 Å². The van der Waals surface area contributed by atoms with Crippen LogP contribution in [0.4, 0.5) is 15.9 Å². The van der Waals surface area contributed by atoms with Crippen molar-refractivity contribution in [3.63, 3.8) is 0 Å². The highest BCUT2D eigenvalue weighted by Crippen LogP contribution is 2.32. The Morgan fingerprint density at radius 1 is 1.19 bits per heavy atom. The lowest BCUT2D eigenvalue weighted by molar-refractivity contribution is 0.577. The highest BCUT2D eigenvalue weighted by Gasteiger charge is 2.23. The molecule has 0 saturated carbocycles. The molecule has 5 rings (SSSR count). The minimum Gasteiger partial charge on any atom is -0.461 e. The Morgan fingerprint density at radius 3 is 2.92 bits per heavy atom. The van der Waals surface area contributed by atoms with Gasteiger partial charge in [-0.05, 0) is 49.6 Å². The summed E-state index contributed by atoms with van der Waals surface area (Å²) in [5.41, 5.74) is 2.77. The van der Waals surface area contributed by atoms with Gasteiger partial charge < -0.3 is 9.73 Å². The van der Waals surface area contributed by atoms with Crippen LogP contribution in [-0.2, 0) is 12.8 Å². The molecule has 26 heavy (non-hydrogen) atoms. The Balaban J connectivity index is 1.67. The van der Waals surface area contributed by atoms with Gasteiger partial charge in [0.1, 0.15) is 11.6 Å². The number of halogens is 2. The number of furan rings is 1. The Bertz CT molecular complexity index is 1120. The van der Waals surface area contributed by atoms with Crippen molar-refractivity contribution in [3.8, 4) is 11.6 Å². The average molecular weight is 370 g/mol. The van der Waals surface area contributed by atoms with Gasteiger partial charge in [-0.2, -0.15) is 9.50 Å². The SMILES string of the molecule is Fc1ccc(Nc2c3c(nc4nc(-c5ccco5)nn24)CCC3)cc1Cl. The number of anilines is 2. The predicted molar refractivity (Wildman–Crippen MR) is 95.2 cm³/mol. The molecule has 1 aliphatic carbocycles. The van der Waals surface area contributed by atoms with Gasteiger partial charge in [0, 0.05) is 11.3 Å². The van der Waals surface area contributed by atoms with Crippen molar-refractivity contribution in [1.29, 1.82) is 0 Å². The van der Waals surface area contributed by atoms with E-state index in [-0.39, 0.29) is 5.02 Å². The van der Waals surface area contributed by atoms with Crippen LogP contribution in [0.15, 0.2) is 41.0 Å². The molecule has 1 N–H and O–H groups in total. The van der Waals surface area contributed by atoms with Crippen LogP contribution < -0.4 is 5.32 Å². The zero-order valence-electron chi connectivity index (χ0n) is 13.5. The Labute approximate surface area is 152 Å². The number of benzene rings is 1. The molecular formula is C18H13ClFN5O. The lowest BCUT2D eigenvalue weighted by atomic mass is 10.2. The zero-order valence-corrected chi connectivity index (χ0v) is 14.3. The summed E-state index contributed by atoms with van der Waals surface area (Å²) < 4.78 is 20.5. The molecule has 8 heteroatoms. The van der Waals surface area contributed by atoms with Gasteiger partial charge in [0.2, 0.25) is 5.82 Å². The number of fused-ring (bicyclic) bond motifs is 2. The minimum atomic E-state index is -0.455. The van der Waals surface area contributed by atoms with Gasteiger partial charge in [-0.25, -0.2) is 9.37 Å². The van der Waals surface area contributed by atoms with Gasteiger partial charge in [0.05, 0.1) is 17.0 Å². The Hall–Kier alpha value is -2.93. The third-order valence-corrected chi connectivity index (χ3v) is 4.72. The van der Waals surface area contributed by atoms with E-state index in [9.17, 15) is 4.39 Å². The highest BCUT2D eigenvalue weighted by atomic mass is 35.5. The fraction of sp³-hybridized carbons (Fsp3) is 0.167. The van der Waals surface area contributed by atoms with Gasteiger partial charge >= 0.3 is 0 Å². The molecule has 3 aromatic heterocycles. The zero-order chi connectivity index (χ0) is 17.7. The van der Waals surface area contributed by atoms with Crippen LogP contribution in [0.25, 0.3) is 17.4 Å². The number of aryl methyl sites for hydroxylation is 1. The first-order valence-electron chi connectivity index (χ1n) is 8.23. The standard InChI is InChI=1S/C18H13ClFN5O/c19-12-9-10(6-7-13(12)20)21-17-11-3-1-4-14(11)22-18-23-16(24-25(17)18)15-5-2-8-26-15/h2,5-9,21H,1,3-4H2. The summed E-state index contributed by atoms with van der Waals surface area (Å²) in [6.07, 6.45) is 4.40. The lowest BCUT2D eigenvalue weighted by Crippen LogP contribution is -2.07. The lowest BCUT2D eigenvalue weighted by Gasteiger charge is -2.12. The van der Waals surface area contributed by atoms with E-state index in [4.69, 9.17) is 16.0 Å². The molecule has 0 amide bonds. The van der Waals surface area contributed by atoms with E-state index in [0.717, 1.165) is 36.3 Å². The topological polar surface area (TPSA) is 68.2 Å². The molecule has 0 radical (unpaired) electrons. The molecule has 1 aromatic carbocycles. The Morgan fingerprint density at radius 2 is 2.12 bits per heavy atom. The minimum absolute atomic E-state index is 0.0619. The number of aromatic nitrogens is 4. The molecular weight excluding hydrogens is 357 g/mol. The quantitative estimate of drug-likeness (QED) is 0.579. The molecule has 0 atom stereocenters. The van der Waals surface area contributed by atoms with Gasteiger partial charge in [0.25, 0.3) is 5.78 Å². The van der Waals surface area contributed by atoms with Crippen molar-refractivity contribution < 1.29 is 8.81 Å². The highest BCUT2D eigenvalue weighted by molar-refractivity contribution is 6.31. The van der Waals surface area contributed by atoms with E-state index < -0.39 is 5.82 Å². The molecule has 130 valence electrons. The Kier molecular flexibility index (Phi) is 3.43. The summed E-state index contributed by atoms with van der Waals surface area (Å²) in [5, 5.41) is 7.92. The first-order chi connectivity index (χ1) is 12.7. The molecule has 0 unspecified atom stereocenters. The average Bonchev–Trinajstić information content (AvgIpc) is 3.36. The van der Waals surface area contributed by atoms with Crippen molar-refractivity contribution in [1.82, 2.24) is 19.6 Å². The fourth-order valence-electron chi connectivity index (χ4n) is 3.23. The maximum absolute atomic E-state index is 13.5. The number of hydrogen-bond acceptors (Lipinski definition) is 5. The number of nitrogens with zero attached hydrogens (tertiary/aromatic N) is 4. The van der Waals surface area contributed by atoms with Crippen molar-refractivity contribution >= 4 is 28.9 Å². The van der Waals surface area contributed by atoms with Crippen molar-refractivity contribution in [2.45, 2.75) is 19.3 Å². The first-order valence-corrected chi connectivity index (χ1v) is 8.61. The first kappa shape index (κ1) is 15.3. The number of rotatable bonds is 3. The third kappa shape index (κ3) is 2.43. The van der Waals surface area contributed by atoms with Crippen LogP contribution in [-0.4, -0.2) is 19.6 Å². The summed E-state index contributed by atoms with van der Waals surface area (Å²) in [6.45, 7) is 0. The second kappa shape index (κ2) is 5.81. The van der Waals surface area contributed by atoms with E-state index in [1.165, 1.54) is 6.07 Å². The molecule has 0 aliphatic heterocycles. The molecule has 1 aliphatic rings. The molecule has 4 aromatic rings. The summed E-state index contributed by atoms with van der Waals surface area (Å²) in [7, 11) is 0. The summed E-state index contributed by atoms with van der Waals surface area (Å²) in [6, 6.07) is 8.11. The van der Waals surface area contributed by atoms with E-state index in [1.54, 1.807) is 35.0 Å². The second-order valence-electron chi connectivity index (χ2n) is 6.12. The van der Waals surface area contributed by atoms with Crippen molar-refractivity contribution in [2.24, 2.45) is 0 Å². The molecule has 0 spiro atoms. The summed E-state index contributed by atoms with van der Waals surface area (Å²) in [4.78, 5) is 9.13. The maximum Gasteiger partial charge on any atom is 0.255 e. The smallest absolute Gasteiger partial charge is 0.255 e. The molecule has 0 bridgehead atoms.